The Morgan fingerprint density at radius 3 is 2.80 bits per heavy atom. The predicted octanol–water partition coefficient (Wildman–Crippen LogP) is 1.72. The van der Waals surface area contributed by atoms with Crippen LogP contribution in [0.5, 0.6) is 0 Å². The van der Waals surface area contributed by atoms with Crippen LogP contribution in [0.3, 0.4) is 0 Å². The molecule has 0 amide bonds. The van der Waals surface area contributed by atoms with Crippen LogP contribution in [0.1, 0.15) is 25.7 Å². The predicted molar refractivity (Wildman–Crippen MR) is 40.6 cm³/mol. The second-order valence-electron chi connectivity index (χ2n) is 3.60. The molecule has 2 saturated carbocycles. The Balaban J connectivity index is 2.11. The van der Waals surface area contributed by atoms with Crippen LogP contribution < -0.4 is 0 Å². The lowest BCUT2D eigenvalue weighted by atomic mass is 9.98. The highest BCUT2D eigenvalue weighted by atomic mass is 16.3. The molecule has 0 saturated heterocycles. The maximum Gasteiger partial charge on any atom is 0.0748 e. The SMILES string of the molecule is C=CC1C2CCCCC12O. The van der Waals surface area contributed by atoms with Gasteiger partial charge < -0.3 is 5.11 Å². The highest BCUT2D eigenvalue weighted by Crippen LogP contribution is 2.59. The Kier molecular flexibility index (Phi) is 1.19. The third kappa shape index (κ3) is 0.615. The van der Waals surface area contributed by atoms with Gasteiger partial charge in [0.05, 0.1) is 5.60 Å². The first-order valence-corrected chi connectivity index (χ1v) is 4.14. The third-order valence-electron chi connectivity index (χ3n) is 3.14. The maximum absolute atomic E-state index is 9.84. The van der Waals surface area contributed by atoms with Crippen LogP contribution in [0.4, 0.5) is 0 Å². The minimum Gasteiger partial charge on any atom is -0.389 e. The van der Waals surface area contributed by atoms with Gasteiger partial charge in [-0.1, -0.05) is 18.9 Å². The topological polar surface area (TPSA) is 20.2 Å². The van der Waals surface area contributed by atoms with Gasteiger partial charge in [0.2, 0.25) is 0 Å². The quantitative estimate of drug-likeness (QED) is 0.547. The Morgan fingerprint density at radius 2 is 2.30 bits per heavy atom. The monoisotopic (exact) mass is 138 g/mol. The van der Waals surface area contributed by atoms with Gasteiger partial charge in [-0.3, -0.25) is 0 Å². The van der Waals surface area contributed by atoms with E-state index in [0.29, 0.717) is 11.8 Å². The van der Waals surface area contributed by atoms with Crippen LogP contribution in [0.25, 0.3) is 0 Å². The minimum atomic E-state index is -0.306. The van der Waals surface area contributed by atoms with E-state index in [0.717, 1.165) is 6.42 Å². The van der Waals surface area contributed by atoms with E-state index in [1.165, 1.54) is 19.3 Å². The largest absolute Gasteiger partial charge is 0.389 e. The van der Waals surface area contributed by atoms with Crippen molar-refractivity contribution in [1.82, 2.24) is 0 Å². The summed E-state index contributed by atoms with van der Waals surface area (Å²) in [7, 11) is 0. The molecule has 3 atom stereocenters. The van der Waals surface area contributed by atoms with Crippen LogP contribution in [-0.4, -0.2) is 10.7 Å². The number of hydrogen-bond donors (Lipinski definition) is 1. The molecular weight excluding hydrogens is 124 g/mol. The van der Waals surface area contributed by atoms with Crippen molar-refractivity contribution in [2.24, 2.45) is 11.8 Å². The second-order valence-corrected chi connectivity index (χ2v) is 3.60. The standard InChI is InChI=1S/C9H14O/c1-2-7-8-5-3-4-6-9(7,8)10/h2,7-8,10H,1,3-6H2. The molecule has 0 spiro atoms. The molecule has 0 aromatic heterocycles. The summed E-state index contributed by atoms with van der Waals surface area (Å²) in [5.74, 6) is 0.994. The van der Waals surface area contributed by atoms with E-state index >= 15 is 0 Å². The second kappa shape index (κ2) is 1.85. The lowest BCUT2D eigenvalue weighted by Gasteiger charge is -2.14. The summed E-state index contributed by atoms with van der Waals surface area (Å²) in [6, 6.07) is 0. The van der Waals surface area contributed by atoms with Gasteiger partial charge in [0, 0.05) is 5.92 Å². The van der Waals surface area contributed by atoms with Gasteiger partial charge in [0.1, 0.15) is 0 Å². The molecule has 2 fully saturated rings. The zero-order valence-corrected chi connectivity index (χ0v) is 6.21. The van der Waals surface area contributed by atoms with E-state index in [2.05, 4.69) is 6.58 Å². The van der Waals surface area contributed by atoms with Gasteiger partial charge in [-0.15, -0.1) is 6.58 Å². The summed E-state index contributed by atoms with van der Waals surface area (Å²) >= 11 is 0. The fraction of sp³-hybridized carbons (Fsp3) is 0.778. The van der Waals surface area contributed by atoms with Crippen molar-refractivity contribution in [3.05, 3.63) is 12.7 Å². The van der Waals surface area contributed by atoms with Crippen LogP contribution in [-0.2, 0) is 0 Å². The van der Waals surface area contributed by atoms with Gasteiger partial charge in [0.25, 0.3) is 0 Å². The Bertz CT molecular complexity index is 164. The highest BCUT2D eigenvalue weighted by Gasteiger charge is 2.62. The van der Waals surface area contributed by atoms with Crippen molar-refractivity contribution in [2.75, 3.05) is 0 Å². The molecule has 10 heavy (non-hydrogen) atoms. The lowest BCUT2D eigenvalue weighted by Crippen LogP contribution is -2.15. The summed E-state index contributed by atoms with van der Waals surface area (Å²) in [6.45, 7) is 3.73. The van der Waals surface area contributed by atoms with E-state index in [4.69, 9.17) is 0 Å². The average molecular weight is 138 g/mol. The third-order valence-corrected chi connectivity index (χ3v) is 3.14. The van der Waals surface area contributed by atoms with Crippen LogP contribution in [0, 0.1) is 11.8 Å². The van der Waals surface area contributed by atoms with Crippen molar-refractivity contribution < 1.29 is 5.11 Å². The fourth-order valence-electron chi connectivity index (χ4n) is 2.46. The first-order valence-electron chi connectivity index (χ1n) is 4.14. The van der Waals surface area contributed by atoms with Gasteiger partial charge in [0.15, 0.2) is 0 Å². The normalized spacial score (nSPS) is 51.7. The fourth-order valence-corrected chi connectivity index (χ4v) is 2.46. The molecule has 3 unspecified atom stereocenters. The summed E-state index contributed by atoms with van der Waals surface area (Å²) in [6.07, 6.45) is 6.66. The molecule has 56 valence electrons. The van der Waals surface area contributed by atoms with E-state index in [9.17, 15) is 5.11 Å². The molecule has 0 bridgehead atoms. The van der Waals surface area contributed by atoms with Gasteiger partial charge >= 0.3 is 0 Å². The maximum atomic E-state index is 9.84. The molecule has 2 rings (SSSR count). The number of aliphatic hydroxyl groups is 1. The van der Waals surface area contributed by atoms with Crippen molar-refractivity contribution in [1.29, 1.82) is 0 Å². The molecule has 1 nitrogen and oxygen atoms in total. The minimum absolute atomic E-state index is 0.306. The molecule has 1 N–H and O–H groups in total. The lowest BCUT2D eigenvalue weighted by molar-refractivity contribution is 0.0953. The van der Waals surface area contributed by atoms with E-state index in [-0.39, 0.29) is 5.60 Å². The Hall–Kier alpha value is -0.300. The highest BCUT2D eigenvalue weighted by molar-refractivity contribution is 5.19. The van der Waals surface area contributed by atoms with E-state index in [1.54, 1.807) is 0 Å². The Labute approximate surface area is 61.8 Å². The zero-order chi connectivity index (χ0) is 7.19. The summed E-state index contributed by atoms with van der Waals surface area (Å²) in [4.78, 5) is 0. The first-order chi connectivity index (χ1) is 4.79. The van der Waals surface area contributed by atoms with Crippen molar-refractivity contribution in [2.45, 2.75) is 31.3 Å². The molecule has 0 aromatic carbocycles. The Morgan fingerprint density at radius 1 is 1.50 bits per heavy atom. The smallest absolute Gasteiger partial charge is 0.0748 e. The molecular formula is C9H14O. The molecule has 2 aliphatic carbocycles. The zero-order valence-electron chi connectivity index (χ0n) is 6.21. The van der Waals surface area contributed by atoms with Gasteiger partial charge in [-0.05, 0) is 18.8 Å². The first kappa shape index (κ1) is 6.41. The van der Waals surface area contributed by atoms with Crippen LogP contribution in [0.2, 0.25) is 0 Å². The van der Waals surface area contributed by atoms with Crippen molar-refractivity contribution >= 4 is 0 Å². The summed E-state index contributed by atoms with van der Waals surface area (Å²) in [5.41, 5.74) is -0.306. The molecule has 1 heteroatoms. The van der Waals surface area contributed by atoms with Gasteiger partial charge in [-0.25, -0.2) is 0 Å². The average Bonchev–Trinajstić information content (AvgIpc) is 2.54. The molecule has 0 heterocycles. The molecule has 2 aliphatic rings. The summed E-state index contributed by atoms with van der Waals surface area (Å²) in [5, 5.41) is 9.84. The van der Waals surface area contributed by atoms with Crippen LogP contribution in [0.15, 0.2) is 12.7 Å². The summed E-state index contributed by atoms with van der Waals surface area (Å²) < 4.78 is 0. The van der Waals surface area contributed by atoms with E-state index < -0.39 is 0 Å². The van der Waals surface area contributed by atoms with Crippen LogP contribution >= 0.6 is 0 Å². The van der Waals surface area contributed by atoms with E-state index in [1.807, 2.05) is 6.08 Å². The number of hydrogen-bond acceptors (Lipinski definition) is 1. The molecule has 0 aliphatic heterocycles. The molecule has 0 radical (unpaired) electrons. The number of fused-ring (bicyclic) bond motifs is 1. The van der Waals surface area contributed by atoms with Gasteiger partial charge in [-0.2, -0.15) is 0 Å². The van der Waals surface area contributed by atoms with Crippen molar-refractivity contribution in [3.8, 4) is 0 Å². The van der Waals surface area contributed by atoms with Crippen molar-refractivity contribution in [3.63, 3.8) is 0 Å². The number of rotatable bonds is 1. The molecule has 0 aromatic rings.